The molecule has 4 nitrogen and oxygen atoms in total. The molecule has 0 radical (unpaired) electrons. The molecule has 0 saturated carbocycles. The average molecular weight is 174 g/mol. The number of unbranched alkanes of at least 4 members (excludes halogenated alkanes) is 1. The molecule has 0 aliphatic rings. The van der Waals surface area contributed by atoms with Gasteiger partial charge in [0, 0.05) is 6.54 Å². The second kappa shape index (κ2) is 7.06. The van der Waals surface area contributed by atoms with Gasteiger partial charge in [-0.2, -0.15) is 0 Å². The SMILES string of the molecule is CCCCNCC(NC)C(=O)O. The summed E-state index contributed by atoms with van der Waals surface area (Å²) < 4.78 is 0. The van der Waals surface area contributed by atoms with Gasteiger partial charge in [-0.3, -0.25) is 4.79 Å². The molecule has 72 valence electrons. The first-order valence-electron chi connectivity index (χ1n) is 4.33. The van der Waals surface area contributed by atoms with Crippen LogP contribution in [0.2, 0.25) is 0 Å². The second-order valence-corrected chi connectivity index (χ2v) is 2.74. The molecule has 0 aliphatic carbocycles. The summed E-state index contributed by atoms with van der Waals surface area (Å²) in [6.07, 6.45) is 2.22. The Morgan fingerprint density at radius 1 is 1.58 bits per heavy atom. The number of hydrogen-bond donors (Lipinski definition) is 3. The van der Waals surface area contributed by atoms with E-state index in [1.54, 1.807) is 7.05 Å². The van der Waals surface area contributed by atoms with Gasteiger partial charge < -0.3 is 15.7 Å². The third kappa shape index (κ3) is 5.09. The van der Waals surface area contributed by atoms with Crippen molar-refractivity contribution >= 4 is 5.97 Å². The minimum Gasteiger partial charge on any atom is -0.480 e. The normalized spacial score (nSPS) is 12.8. The van der Waals surface area contributed by atoms with E-state index in [-0.39, 0.29) is 0 Å². The molecule has 0 aromatic rings. The summed E-state index contributed by atoms with van der Waals surface area (Å²) >= 11 is 0. The van der Waals surface area contributed by atoms with Crippen LogP contribution in [0.4, 0.5) is 0 Å². The number of carboxylic acid groups (broad SMARTS) is 1. The number of carbonyl (C=O) groups is 1. The molecule has 0 amide bonds. The molecule has 1 unspecified atom stereocenters. The molecule has 3 N–H and O–H groups in total. The Labute approximate surface area is 73.3 Å². The molecule has 12 heavy (non-hydrogen) atoms. The first kappa shape index (κ1) is 11.4. The number of nitrogens with one attached hydrogen (secondary N) is 2. The zero-order valence-electron chi connectivity index (χ0n) is 7.76. The summed E-state index contributed by atoms with van der Waals surface area (Å²) in [5, 5.41) is 14.4. The van der Waals surface area contributed by atoms with Gasteiger partial charge in [0.2, 0.25) is 0 Å². The van der Waals surface area contributed by atoms with Crippen LogP contribution < -0.4 is 10.6 Å². The molecular formula is C8H18N2O2. The Kier molecular flexibility index (Phi) is 6.70. The standard InChI is InChI=1S/C8H18N2O2/c1-3-4-5-10-6-7(9-2)8(11)12/h7,9-10H,3-6H2,1-2H3,(H,11,12). The van der Waals surface area contributed by atoms with Crippen molar-refractivity contribution in [2.24, 2.45) is 0 Å². The predicted molar refractivity (Wildman–Crippen MR) is 48.3 cm³/mol. The van der Waals surface area contributed by atoms with Crippen molar-refractivity contribution in [1.82, 2.24) is 10.6 Å². The quantitative estimate of drug-likeness (QED) is 0.477. The number of likely N-dealkylation sites (N-methyl/N-ethyl adjacent to an activating group) is 1. The number of rotatable bonds is 7. The highest BCUT2D eigenvalue weighted by Gasteiger charge is 2.12. The largest absolute Gasteiger partial charge is 0.480 e. The summed E-state index contributed by atoms with van der Waals surface area (Å²) in [5.74, 6) is -0.804. The van der Waals surface area contributed by atoms with Crippen LogP contribution in [0.5, 0.6) is 0 Å². The summed E-state index contributed by atoms with van der Waals surface area (Å²) in [6, 6.07) is -0.471. The maximum atomic E-state index is 10.5. The molecule has 0 aromatic carbocycles. The number of aliphatic carboxylic acids is 1. The molecule has 0 heterocycles. The van der Waals surface area contributed by atoms with Crippen LogP contribution in [0, 0.1) is 0 Å². The van der Waals surface area contributed by atoms with Crippen molar-refractivity contribution in [2.45, 2.75) is 25.8 Å². The van der Waals surface area contributed by atoms with Gasteiger partial charge in [0.15, 0.2) is 0 Å². The zero-order chi connectivity index (χ0) is 9.40. The van der Waals surface area contributed by atoms with E-state index >= 15 is 0 Å². The van der Waals surface area contributed by atoms with Gasteiger partial charge in [-0.15, -0.1) is 0 Å². The van der Waals surface area contributed by atoms with Crippen molar-refractivity contribution in [1.29, 1.82) is 0 Å². The van der Waals surface area contributed by atoms with Crippen molar-refractivity contribution in [3.05, 3.63) is 0 Å². The smallest absolute Gasteiger partial charge is 0.322 e. The minimum atomic E-state index is -0.804. The van der Waals surface area contributed by atoms with Crippen LogP contribution in [-0.2, 0) is 4.79 Å². The highest BCUT2D eigenvalue weighted by molar-refractivity contribution is 5.73. The van der Waals surface area contributed by atoms with Gasteiger partial charge in [0.25, 0.3) is 0 Å². The third-order valence-electron chi connectivity index (χ3n) is 1.70. The van der Waals surface area contributed by atoms with Gasteiger partial charge in [0.05, 0.1) is 0 Å². The van der Waals surface area contributed by atoms with Crippen molar-refractivity contribution < 1.29 is 9.90 Å². The van der Waals surface area contributed by atoms with Gasteiger partial charge in [0.1, 0.15) is 6.04 Å². The van der Waals surface area contributed by atoms with E-state index in [1.807, 2.05) is 0 Å². The third-order valence-corrected chi connectivity index (χ3v) is 1.70. The van der Waals surface area contributed by atoms with Gasteiger partial charge in [-0.25, -0.2) is 0 Å². The lowest BCUT2D eigenvalue weighted by Crippen LogP contribution is -2.42. The monoisotopic (exact) mass is 174 g/mol. The average Bonchev–Trinajstić information content (AvgIpc) is 2.04. The van der Waals surface area contributed by atoms with Crippen LogP contribution in [-0.4, -0.2) is 37.3 Å². The fraction of sp³-hybridized carbons (Fsp3) is 0.875. The van der Waals surface area contributed by atoms with Crippen LogP contribution in [0.15, 0.2) is 0 Å². The van der Waals surface area contributed by atoms with Crippen LogP contribution >= 0.6 is 0 Å². The zero-order valence-corrected chi connectivity index (χ0v) is 7.76. The molecule has 0 aliphatic heterocycles. The van der Waals surface area contributed by atoms with Gasteiger partial charge in [-0.05, 0) is 20.0 Å². The highest BCUT2D eigenvalue weighted by Crippen LogP contribution is 1.84. The van der Waals surface area contributed by atoms with Gasteiger partial charge >= 0.3 is 5.97 Å². The summed E-state index contributed by atoms with van der Waals surface area (Å²) in [4.78, 5) is 10.5. The summed E-state index contributed by atoms with van der Waals surface area (Å²) in [5.41, 5.74) is 0. The summed E-state index contributed by atoms with van der Waals surface area (Å²) in [7, 11) is 1.65. The Hall–Kier alpha value is -0.610. The topological polar surface area (TPSA) is 61.4 Å². The van der Waals surface area contributed by atoms with E-state index in [2.05, 4.69) is 17.6 Å². The Morgan fingerprint density at radius 3 is 2.67 bits per heavy atom. The van der Waals surface area contributed by atoms with Crippen molar-refractivity contribution in [2.75, 3.05) is 20.1 Å². The molecule has 0 aromatic heterocycles. The van der Waals surface area contributed by atoms with Gasteiger partial charge in [-0.1, -0.05) is 13.3 Å². The Balaban J connectivity index is 3.38. The van der Waals surface area contributed by atoms with E-state index < -0.39 is 12.0 Å². The molecule has 4 heteroatoms. The van der Waals surface area contributed by atoms with E-state index in [1.165, 1.54) is 0 Å². The van der Waals surface area contributed by atoms with Crippen LogP contribution in [0.1, 0.15) is 19.8 Å². The molecule has 0 bridgehead atoms. The fourth-order valence-electron chi connectivity index (χ4n) is 0.861. The lowest BCUT2D eigenvalue weighted by atomic mass is 10.3. The van der Waals surface area contributed by atoms with E-state index in [0.29, 0.717) is 6.54 Å². The first-order valence-corrected chi connectivity index (χ1v) is 4.33. The molecule has 0 rings (SSSR count). The maximum Gasteiger partial charge on any atom is 0.322 e. The highest BCUT2D eigenvalue weighted by atomic mass is 16.4. The van der Waals surface area contributed by atoms with Crippen molar-refractivity contribution in [3.8, 4) is 0 Å². The van der Waals surface area contributed by atoms with Crippen molar-refractivity contribution in [3.63, 3.8) is 0 Å². The number of carboxylic acids is 1. The second-order valence-electron chi connectivity index (χ2n) is 2.74. The Morgan fingerprint density at radius 2 is 2.25 bits per heavy atom. The first-order chi connectivity index (χ1) is 5.72. The van der Waals surface area contributed by atoms with E-state index in [0.717, 1.165) is 19.4 Å². The minimum absolute atomic E-state index is 0.471. The van der Waals surface area contributed by atoms with E-state index in [4.69, 9.17) is 5.11 Å². The lowest BCUT2D eigenvalue weighted by molar-refractivity contribution is -0.139. The predicted octanol–water partition coefficient (Wildman–Crippen LogP) is 0.0487. The molecule has 0 saturated heterocycles. The number of hydrogen-bond acceptors (Lipinski definition) is 3. The van der Waals surface area contributed by atoms with Crippen LogP contribution in [0.3, 0.4) is 0 Å². The van der Waals surface area contributed by atoms with E-state index in [9.17, 15) is 4.79 Å². The summed E-state index contributed by atoms with van der Waals surface area (Å²) in [6.45, 7) is 3.49. The molecular weight excluding hydrogens is 156 g/mol. The molecule has 1 atom stereocenters. The van der Waals surface area contributed by atoms with Crippen LogP contribution in [0.25, 0.3) is 0 Å². The Bertz CT molecular complexity index is 128. The fourth-order valence-corrected chi connectivity index (χ4v) is 0.861. The molecule has 0 fully saturated rings. The molecule has 0 spiro atoms. The lowest BCUT2D eigenvalue weighted by Gasteiger charge is -2.11. The maximum absolute atomic E-state index is 10.5.